The molecule has 1 aromatic heterocycles. The highest BCUT2D eigenvalue weighted by Crippen LogP contribution is 2.33. The minimum atomic E-state index is -4.53. The van der Waals surface area contributed by atoms with Crippen molar-refractivity contribution in [2.75, 3.05) is 39.4 Å². The summed E-state index contributed by atoms with van der Waals surface area (Å²) in [5.74, 6) is -0.167. The van der Waals surface area contributed by atoms with E-state index in [1.165, 1.54) is 16.4 Å². The Labute approximate surface area is 212 Å². The van der Waals surface area contributed by atoms with E-state index in [1.54, 1.807) is 6.07 Å². The first-order chi connectivity index (χ1) is 17.6. The van der Waals surface area contributed by atoms with E-state index >= 15 is 0 Å². The highest BCUT2D eigenvalue weighted by molar-refractivity contribution is 7.89. The zero-order valence-corrected chi connectivity index (χ0v) is 20.8. The van der Waals surface area contributed by atoms with Gasteiger partial charge in [0.2, 0.25) is 10.0 Å². The Bertz CT molecular complexity index is 1330. The van der Waals surface area contributed by atoms with Crippen LogP contribution < -0.4 is 0 Å². The van der Waals surface area contributed by atoms with Gasteiger partial charge in [0, 0.05) is 23.9 Å². The molecular formula is C25H27F4N3O4S. The van der Waals surface area contributed by atoms with Crippen LogP contribution in [0.25, 0.3) is 11.0 Å². The molecule has 12 heteroatoms. The third-order valence-corrected chi connectivity index (χ3v) is 9.07. The zero-order valence-electron chi connectivity index (χ0n) is 20.0. The molecule has 2 saturated heterocycles. The molecule has 5 rings (SSSR count). The van der Waals surface area contributed by atoms with Gasteiger partial charge in [0.25, 0.3) is 0 Å². The Morgan fingerprint density at radius 1 is 1.05 bits per heavy atom. The van der Waals surface area contributed by atoms with Crippen molar-refractivity contribution in [2.45, 2.75) is 42.3 Å². The van der Waals surface area contributed by atoms with E-state index in [1.807, 2.05) is 0 Å². The van der Waals surface area contributed by atoms with Crippen LogP contribution in [0.4, 0.5) is 17.6 Å². The average Bonchev–Trinajstić information content (AvgIpc) is 3.25. The third kappa shape index (κ3) is 5.52. The lowest BCUT2D eigenvalue weighted by atomic mass is 9.91. The SMILES string of the molecule is O=S(=O)(c1ccc(C(F)(F)F)cc1)N(CCCN1CCC(c2noc3cc(F)ccc23)CC1)C1COC1. The smallest absolute Gasteiger partial charge is 0.378 e. The third-order valence-electron chi connectivity index (χ3n) is 7.11. The fourth-order valence-corrected chi connectivity index (χ4v) is 6.58. The van der Waals surface area contributed by atoms with E-state index in [-0.39, 0.29) is 42.4 Å². The van der Waals surface area contributed by atoms with E-state index in [2.05, 4.69) is 10.1 Å². The average molecular weight is 542 g/mol. The largest absolute Gasteiger partial charge is 0.416 e. The summed E-state index contributed by atoms with van der Waals surface area (Å²) < 4.78 is 90.5. The van der Waals surface area contributed by atoms with Gasteiger partial charge in [-0.1, -0.05) is 5.16 Å². The van der Waals surface area contributed by atoms with Gasteiger partial charge in [0.15, 0.2) is 5.58 Å². The molecule has 2 aliphatic heterocycles. The minimum absolute atomic E-state index is 0.159. The summed E-state index contributed by atoms with van der Waals surface area (Å²) in [6, 6.07) is 7.70. The Morgan fingerprint density at radius 3 is 2.38 bits per heavy atom. The first kappa shape index (κ1) is 26.1. The second-order valence-corrected chi connectivity index (χ2v) is 11.4. The molecule has 0 aliphatic carbocycles. The summed E-state index contributed by atoms with van der Waals surface area (Å²) >= 11 is 0. The molecule has 0 bridgehead atoms. The Kier molecular flexibility index (Phi) is 7.27. The first-order valence-corrected chi connectivity index (χ1v) is 13.6. The van der Waals surface area contributed by atoms with Crippen LogP contribution in [0.5, 0.6) is 0 Å². The van der Waals surface area contributed by atoms with Gasteiger partial charge in [-0.15, -0.1) is 0 Å². The second-order valence-electron chi connectivity index (χ2n) is 9.51. The van der Waals surface area contributed by atoms with E-state index in [4.69, 9.17) is 9.26 Å². The highest BCUT2D eigenvalue weighted by atomic mass is 32.2. The standard InChI is InChI=1S/C25H27F4N3O4S/c26-19-4-7-22-23(14-19)36-30-24(22)17-8-12-31(13-9-17)10-1-11-32(20-15-35-16-20)37(33,34)21-5-2-18(3-6-21)25(27,28)29/h2-7,14,17,20H,1,8-13,15-16H2. The summed E-state index contributed by atoms with van der Waals surface area (Å²) in [5.41, 5.74) is 0.388. The van der Waals surface area contributed by atoms with Crippen LogP contribution in [-0.4, -0.2) is 68.2 Å². The molecule has 37 heavy (non-hydrogen) atoms. The molecule has 2 aliphatic rings. The number of aromatic nitrogens is 1. The molecule has 3 aromatic rings. The van der Waals surface area contributed by atoms with Crippen LogP contribution in [0.1, 0.15) is 36.4 Å². The van der Waals surface area contributed by atoms with Gasteiger partial charge < -0.3 is 14.2 Å². The summed E-state index contributed by atoms with van der Waals surface area (Å²) in [4.78, 5) is 2.10. The van der Waals surface area contributed by atoms with Crippen molar-refractivity contribution in [1.29, 1.82) is 0 Å². The molecule has 0 N–H and O–H groups in total. The quantitative estimate of drug-likeness (QED) is 0.387. The molecule has 3 heterocycles. The molecule has 200 valence electrons. The van der Waals surface area contributed by atoms with Crippen molar-refractivity contribution in [3.8, 4) is 0 Å². The fourth-order valence-electron chi connectivity index (χ4n) is 4.95. The number of rotatable bonds is 8. The molecular weight excluding hydrogens is 514 g/mol. The molecule has 0 radical (unpaired) electrons. The van der Waals surface area contributed by atoms with Crippen LogP contribution in [0.3, 0.4) is 0 Å². The van der Waals surface area contributed by atoms with Crippen molar-refractivity contribution in [2.24, 2.45) is 0 Å². The Morgan fingerprint density at radius 2 is 1.76 bits per heavy atom. The Hall–Kier alpha value is -2.54. The minimum Gasteiger partial charge on any atom is -0.378 e. The van der Waals surface area contributed by atoms with Gasteiger partial charge in [0.05, 0.1) is 35.4 Å². The number of halogens is 4. The summed E-state index contributed by atoms with van der Waals surface area (Å²) in [7, 11) is -3.97. The van der Waals surface area contributed by atoms with Crippen molar-refractivity contribution >= 4 is 21.0 Å². The maximum Gasteiger partial charge on any atom is 0.416 e. The second kappa shape index (κ2) is 10.3. The molecule has 2 fully saturated rings. The van der Waals surface area contributed by atoms with E-state index < -0.39 is 21.8 Å². The predicted molar refractivity (Wildman–Crippen MR) is 127 cm³/mol. The first-order valence-electron chi connectivity index (χ1n) is 12.2. The summed E-state index contributed by atoms with van der Waals surface area (Å²) in [5, 5.41) is 5.00. The van der Waals surface area contributed by atoms with Gasteiger partial charge >= 0.3 is 6.18 Å². The molecule has 0 unspecified atom stereocenters. The monoisotopic (exact) mass is 541 g/mol. The lowest BCUT2D eigenvalue weighted by Gasteiger charge is -2.37. The van der Waals surface area contributed by atoms with Crippen molar-refractivity contribution in [1.82, 2.24) is 14.4 Å². The molecule has 0 saturated carbocycles. The maximum atomic E-state index is 13.4. The fraction of sp³-hybridized carbons (Fsp3) is 0.480. The number of piperidine rings is 1. The number of alkyl halides is 3. The van der Waals surface area contributed by atoms with E-state index in [9.17, 15) is 26.0 Å². The van der Waals surface area contributed by atoms with E-state index in [0.29, 0.717) is 18.5 Å². The number of nitrogens with zero attached hydrogens (tertiary/aromatic N) is 3. The van der Waals surface area contributed by atoms with Crippen molar-refractivity contribution in [3.05, 3.63) is 59.5 Å². The number of likely N-dealkylation sites (tertiary alicyclic amines) is 1. The number of hydrogen-bond donors (Lipinski definition) is 0. The van der Waals surface area contributed by atoms with Gasteiger partial charge in [-0.05, 0) is 75.3 Å². The molecule has 0 atom stereocenters. The molecule has 7 nitrogen and oxygen atoms in total. The lowest BCUT2D eigenvalue weighted by molar-refractivity contribution is -0.137. The molecule has 0 spiro atoms. The highest BCUT2D eigenvalue weighted by Gasteiger charge is 2.37. The van der Waals surface area contributed by atoms with Crippen LogP contribution in [0.2, 0.25) is 0 Å². The Balaban J connectivity index is 1.18. The lowest BCUT2D eigenvalue weighted by Crippen LogP contribution is -2.52. The van der Waals surface area contributed by atoms with Crippen LogP contribution in [-0.2, 0) is 20.9 Å². The van der Waals surface area contributed by atoms with Crippen LogP contribution >= 0.6 is 0 Å². The summed E-state index contributed by atoms with van der Waals surface area (Å²) in [6.45, 7) is 3.07. The molecule has 2 aromatic carbocycles. The van der Waals surface area contributed by atoms with Gasteiger partial charge in [-0.2, -0.15) is 17.5 Å². The van der Waals surface area contributed by atoms with Crippen LogP contribution in [0.15, 0.2) is 51.9 Å². The van der Waals surface area contributed by atoms with Crippen molar-refractivity contribution in [3.63, 3.8) is 0 Å². The number of sulfonamides is 1. The number of hydrogen-bond acceptors (Lipinski definition) is 6. The number of benzene rings is 2. The summed E-state index contributed by atoms with van der Waals surface area (Å²) in [6.07, 6.45) is -2.25. The number of fused-ring (bicyclic) bond motifs is 1. The predicted octanol–water partition coefficient (Wildman–Crippen LogP) is 4.64. The van der Waals surface area contributed by atoms with Crippen molar-refractivity contribution < 1.29 is 35.2 Å². The van der Waals surface area contributed by atoms with Gasteiger partial charge in [-0.3, -0.25) is 0 Å². The van der Waals surface area contributed by atoms with Gasteiger partial charge in [0.1, 0.15) is 5.82 Å². The van der Waals surface area contributed by atoms with Crippen LogP contribution in [0, 0.1) is 5.82 Å². The topological polar surface area (TPSA) is 75.9 Å². The van der Waals surface area contributed by atoms with E-state index in [0.717, 1.165) is 61.3 Å². The zero-order chi connectivity index (χ0) is 26.2. The number of ether oxygens (including phenoxy) is 1. The van der Waals surface area contributed by atoms with Gasteiger partial charge in [-0.25, -0.2) is 12.8 Å². The molecule has 0 amide bonds. The maximum absolute atomic E-state index is 13.4. The normalized spacial score (nSPS) is 18.5.